The Morgan fingerprint density at radius 3 is 2.26 bits per heavy atom. The highest BCUT2D eigenvalue weighted by Gasteiger charge is 2.30. The van der Waals surface area contributed by atoms with Crippen LogP contribution >= 0.6 is 0 Å². The minimum atomic E-state index is 0.00770. The van der Waals surface area contributed by atoms with Crippen molar-refractivity contribution in [3.05, 3.63) is 23.2 Å². The van der Waals surface area contributed by atoms with Crippen LogP contribution in [0.2, 0.25) is 0 Å². The van der Waals surface area contributed by atoms with Crippen molar-refractivity contribution in [2.75, 3.05) is 39.3 Å². The summed E-state index contributed by atoms with van der Waals surface area (Å²) in [4.78, 5) is 28.8. The van der Waals surface area contributed by atoms with E-state index in [1.165, 1.54) is 0 Å². The summed E-state index contributed by atoms with van der Waals surface area (Å²) < 4.78 is 5.45. The number of nitrogens with zero attached hydrogens (tertiary/aromatic N) is 2. The van der Waals surface area contributed by atoms with Gasteiger partial charge >= 0.3 is 0 Å². The predicted molar refractivity (Wildman–Crippen MR) is 86.3 cm³/mol. The molecule has 1 N–H and O–H groups in total. The average Bonchev–Trinajstić information content (AvgIpc) is 2.93. The number of nitrogens with one attached hydrogen (secondary N) is 1. The van der Waals surface area contributed by atoms with E-state index in [2.05, 4.69) is 5.32 Å². The van der Waals surface area contributed by atoms with Crippen molar-refractivity contribution in [1.82, 2.24) is 15.1 Å². The van der Waals surface area contributed by atoms with Gasteiger partial charge in [-0.25, -0.2) is 0 Å². The maximum atomic E-state index is 12.6. The first-order chi connectivity index (χ1) is 11.1. The van der Waals surface area contributed by atoms with E-state index >= 15 is 0 Å². The summed E-state index contributed by atoms with van der Waals surface area (Å²) in [6.45, 7) is 7.96. The first-order valence-electron chi connectivity index (χ1n) is 8.42. The lowest BCUT2D eigenvalue weighted by Gasteiger charge is -2.37. The van der Waals surface area contributed by atoms with E-state index in [0.29, 0.717) is 37.5 Å². The summed E-state index contributed by atoms with van der Waals surface area (Å²) in [5.74, 6) is 1.84. The molecule has 0 unspecified atom stereocenters. The van der Waals surface area contributed by atoms with Crippen molar-refractivity contribution >= 4 is 11.8 Å². The molecule has 1 aromatic heterocycles. The molecule has 3 rings (SSSR count). The van der Waals surface area contributed by atoms with E-state index in [9.17, 15) is 9.59 Å². The molecule has 2 saturated heterocycles. The number of piperidine rings is 1. The zero-order valence-electron chi connectivity index (χ0n) is 13.9. The Balaban J connectivity index is 1.56. The molecule has 0 atom stereocenters. The van der Waals surface area contributed by atoms with Crippen molar-refractivity contribution in [2.45, 2.75) is 26.7 Å². The van der Waals surface area contributed by atoms with Gasteiger partial charge in [0.25, 0.3) is 5.91 Å². The number of hydrogen-bond acceptors (Lipinski definition) is 4. The molecule has 0 radical (unpaired) electrons. The molecule has 2 amide bonds. The number of amides is 2. The summed E-state index contributed by atoms with van der Waals surface area (Å²) in [5, 5.41) is 3.29. The van der Waals surface area contributed by atoms with Gasteiger partial charge in [-0.2, -0.15) is 0 Å². The summed E-state index contributed by atoms with van der Waals surface area (Å²) in [6.07, 6.45) is 1.84. The maximum absolute atomic E-state index is 12.6. The molecule has 1 aromatic rings. The van der Waals surface area contributed by atoms with Crippen LogP contribution in [0.1, 0.15) is 34.7 Å². The zero-order chi connectivity index (χ0) is 16.4. The molecule has 23 heavy (non-hydrogen) atoms. The van der Waals surface area contributed by atoms with Gasteiger partial charge in [0.1, 0.15) is 11.5 Å². The fourth-order valence-electron chi connectivity index (χ4n) is 3.47. The minimum absolute atomic E-state index is 0.00770. The van der Waals surface area contributed by atoms with Gasteiger partial charge < -0.3 is 19.5 Å². The molecule has 0 spiro atoms. The minimum Gasteiger partial charge on any atom is -0.466 e. The first-order valence-corrected chi connectivity index (χ1v) is 8.42. The van der Waals surface area contributed by atoms with E-state index < -0.39 is 0 Å². The van der Waals surface area contributed by atoms with Crippen molar-refractivity contribution in [3.63, 3.8) is 0 Å². The number of hydrogen-bond donors (Lipinski definition) is 1. The molecular weight excluding hydrogens is 294 g/mol. The van der Waals surface area contributed by atoms with Gasteiger partial charge in [0, 0.05) is 32.1 Å². The van der Waals surface area contributed by atoms with Gasteiger partial charge in [0.05, 0.1) is 5.56 Å². The second-order valence-electron chi connectivity index (χ2n) is 6.47. The largest absolute Gasteiger partial charge is 0.466 e. The van der Waals surface area contributed by atoms with E-state index in [1.54, 1.807) is 6.07 Å². The topological polar surface area (TPSA) is 65.8 Å². The third-order valence-electron chi connectivity index (χ3n) is 4.84. The monoisotopic (exact) mass is 319 g/mol. The Bertz CT molecular complexity index is 582. The second-order valence-corrected chi connectivity index (χ2v) is 6.47. The Labute approximate surface area is 136 Å². The molecule has 6 nitrogen and oxygen atoms in total. The van der Waals surface area contributed by atoms with Crippen molar-refractivity contribution in [2.24, 2.45) is 5.92 Å². The number of carbonyl (C=O) groups is 2. The van der Waals surface area contributed by atoms with Crippen LogP contribution in [0.5, 0.6) is 0 Å². The second kappa shape index (κ2) is 6.74. The lowest BCUT2D eigenvalue weighted by Crippen LogP contribution is -2.52. The standard InChI is InChI=1S/C17H25N3O3/c1-12-11-15(13(2)23-12)17(22)20-9-7-19(8-10-20)16(21)14-3-5-18-6-4-14/h11,14,18H,3-10H2,1-2H3. The van der Waals surface area contributed by atoms with E-state index in [0.717, 1.165) is 31.7 Å². The lowest BCUT2D eigenvalue weighted by molar-refractivity contribution is -0.137. The molecule has 0 saturated carbocycles. The van der Waals surface area contributed by atoms with Crippen LogP contribution in [0.3, 0.4) is 0 Å². The molecule has 3 heterocycles. The Morgan fingerprint density at radius 1 is 1.09 bits per heavy atom. The van der Waals surface area contributed by atoms with Gasteiger partial charge in [-0.1, -0.05) is 0 Å². The van der Waals surface area contributed by atoms with Gasteiger partial charge in [0.2, 0.25) is 5.91 Å². The molecule has 2 fully saturated rings. The number of aryl methyl sites for hydroxylation is 2. The SMILES string of the molecule is Cc1cc(C(=O)N2CCN(C(=O)C3CCNCC3)CC2)c(C)o1. The van der Waals surface area contributed by atoms with Crippen molar-refractivity contribution in [1.29, 1.82) is 0 Å². The molecule has 2 aliphatic heterocycles. The lowest BCUT2D eigenvalue weighted by atomic mass is 9.96. The number of carbonyl (C=O) groups excluding carboxylic acids is 2. The normalized spacial score (nSPS) is 19.9. The number of piperazine rings is 1. The fourth-order valence-corrected chi connectivity index (χ4v) is 3.47. The highest BCUT2D eigenvalue weighted by atomic mass is 16.3. The van der Waals surface area contributed by atoms with Crippen LogP contribution in [0, 0.1) is 19.8 Å². The molecule has 126 valence electrons. The zero-order valence-corrected chi connectivity index (χ0v) is 13.9. The molecular formula is C17H25N3O3. The Morgan fingerprint density at radius 2 is 1.70 bits per heavy atom. The highest BCUT2D eigenvalue weighted by molar-refractivity contribution is 5.95. The predicted octanol–water partition coefficient (Wildman–Crippen LogP) is 1.18. The smallest absolute Gasteiger partial charge is 0.257 e. The van der Waals surface area contributed by atoms with Crippen LogP contribution in [0.4, 0.5) is 0 Å². The fraction of sp³-hybridized carbons (Fsp3) is 0.647. The summed E-state index contributed by atoms with van der Waals surface area (Å²) in [5.41, 5.74) is 0.639. The molecule has 2 aliphatic rings. The van der Waals surface area contributed by atoms with Crippen LogP contribution in [-0.2, 0) is 4.79 Å². The van der Waals surface area contributed by atoms with Gasteiger partial charge in [0.15, 0.2) is 0 Å². The molecule has 0 aromatic carbocycles. The van der Waals surface area contributed by atoms with Crippen molar-refractivity contribution < 1.29 is 14.0 Å². The molecule has 0 bridgehead atoms. The van der Waals surface area contributed by atoms with E-state index in [-0.39, 0.29) is 17.7 Å². The third-order valence-corrected chi connectivity index (χ3v) is 4.84. The van der Waals surface area contributed by atoms with Gasteiger partial charge in [-0.15, -0.1) is 0 Å². The van der Waals surface area contributed by atoms with Gasteiger partial charge in [-0.05, 0) is 45.8 Å². The third kappa shape index (κ3) is 3.42. The summed E-state index contributed by atoms with van der Waals surface area (Å²) >= 11 is 0. The van der Waals surface area contributed by atoms with Crippen LogP contribution in [-0.4, -0.2) is 60.9 Å². The Kier molecular flexibility index (Phi) is 4.71. The van der Waals surface area contributed by atoms with Crippen LogP contribution < -0.4 is 5.32 Å². The van der Waals surface area contributed by atoms with Gasteiger partial charge in [-0.3, -0.25) is 9.59 Å². The molecule has 0 aliphatic carbocycles. The van der Waals surface area contributed by atoms with Crippen LogP contribution in [0.25, 0.3) is 0 Å². The summed E-state index contributed by atoms with van der Waals surface area (Å²) in [7, 11) is 0. The number of rotatable bonds is 2. The van der Waals surface area contributed by atoms with E-state index in [4.69, 9.17) is 4.42 Å². The van der Waals surface area contributed by atoms with Crippen LogP contribution in [0.15, 0.2) is 10.5 Å². The average molecular weight is 319 g/mol. The first kappa shape index (κ1) is 16.1. The quantitative estimate of drug-likeness (QED) is 0.889. The summed E-state index contributed by atoms with van der Waals surface area (Å²) in [6, 6.07) is 1.80. The number of furan rings is 1. The van der Waals surface area contributed by atoms with E-state index in [1.807, 2.05) is 23.6 Å². The van der Waals surface area contributed by atoms with Crippen molar-refractivity contribution in [3.8, 4) is 0 Å². The maximum Gasteiger partial charge on any atom is 0.257 e. The Hall–Kier alpha value is -1.82. The highest BCUT2D eigenvalue weighted by Crippen LogP contribution is 2.19. The molecule has 6 heteroatoms.